The van der Waals surface area contributed by atoms with Crippen LogP contribution in [0.25, 0.3) is 0 Å². The minimum Gasteiger partial charge on any atom is -0.0625 e. The molecule has 1 rings (SSSR count). The standard InChI is InChI=1S/C8H15Cl3P/c1-7-2-4-8(5-3-7)6-12(9,10)11/h7-8H,2-6H2,1H3/q+1. The zero-order valence-electron chi connectivity index (χ0n) is 7.27. The first kappa shape index (κ1) is 11.4. The van der Waals surface area contributed by atoms with Crippen LogP contribution in [0.4, 0.5) is 0 Å². The lowest BCUT2D eigenvalue weighted by molar-refractivity contribution is 0.311. The van der Waals surface area contributed by atoms with Gasteiger partial charge in [0.05, 0.1) is 0 Å². The van der Waals surface area contributed by atoms with Gasteiger partial charge in [-0.2, -0.15) is 0 Å². The molecule has 0 heterocycles. The Morgan fingerprint density at radius 1 is 1.08 bits per heavy atom. The second kappa shape index (κ2) is 4.69. The predicted molar refractivity (Wildman–Crippen MR) is 60.5 cm³/mol. The van der Waals surface area contributed by atoms with E-state index in [2.05, 4.69) is 6.92 Å². The predicted octanol–water partition coefficient (Wildman–Crippen LogP) is 5.29. The molecule has 0 radical (unpaired) electrons. The van der Waals surface area contributed by atoms with E-state index in [0.717, 1.165) is 12.1 Å². The Morgan fingerprint density at radius 2 is 1.58 bits per heavy atom. The minimum atomic E-state index is -2.09. The number of hydrogen-bond donors (Lipinski definition) is 0. The molecular weight excluding hydrogens is 233 g/mol. The maximum absolute atomic E-state index is 5.84. The molecule has 0 spiro atoms. The highest BCUT2D eigenvalue weighted by molar-refractivity contribution is 8.32. The van der Waals surface area contributed by atoms with Crippen molar-refractivity contribution < 1.29 is 0 Å². The van der Waals surface area contributed by atoms with Gasteiger partial charge in [0.25, 0.3) is 0 Å². The highest BCUT2D eigenvalue weighted by Crippen LogP contribution is 2.75. The van der Waals surface area contributed by atoms with Gasteiger partial charge in [0.15, 0.2) is 0 Å². The van der Waals surface area contributed by atoms with Gasteiger partial charge in [-0.3, -0.25) is 0 Å². The molecule has 1 saturated carbocycles. The molecule has 0 saturated heterocycles. The molecule has 12 heavy (non-hydrogen) atoms. The number of rotatable bonds is 2. The van der Waals surface area contributed by atoms with E-state index in [4.69, 9.17) is 33.7 Å². The molecule has 0 amide bonds. The van der Waals surface area contributed by atoms with Crippen LogP contribution in [0.1, 0.15) is 32.6 Å². The van der Waals surface area contributed by atoms with E-state index in [-0.39, 0.29) is 0 Å². The molecule has 0 aromatic carbocycles. The number of halogens is 3. The summed E-state index contributed by atoms with van der Waals surface area (Å²) >= 11 is 17.5. The molecule has 0 nitrogen and oxygen atoms in total. The molecule has 72 valence electrons. The van der Waals surface area contributed by atoms with E-state index in [0.29, 0.717) is 5.92 Å². The molecule has 1 fully saturated rings. The average molecular weight is 249 g/mol. The van der Waals surface area contributed by atoms with Crippen molar-refractivity contribution in [2.75, 3.05) is 6.16 Å². The zero-order chi connectivity index (χ0) is 9.19. The Hall–Kier alpha value is 1.30. The van der Waals surface area contributed by atoms with Crippen LogP contribution in [0, 0.1) is 11.8 Å². The van der Waals surface area contributed by atoms with Crippen LogP contribution < -0.4 is 0 Å². The van der Waals surface area contributed by atoms with Crippen molar-refractivity contribution in [2.24, 2.45) is 11.8 Å². The van der Waals surface area contributed by atoms with E-state index >= 15 is 0 Å². The second-order valence-corrected chi connectivity index (χ2v) is 12.1. The third-order valence-electron chi connectivity index (χ3n) is 2.60. The van der Waals surface area contributed by atoms with Gasteiger partial charge in [-0.25, -0.2) is 0 Å². The van der Waals surface area contributed by atoms with E-state index < -0.39 is 5.32 Å². The lowest BCUT2D eigenvalue weighted by Crippen LogP contribution is -2.14. The summed E-state index contributed by atoms with van der Waals surface area (Å²) in [6, 6.07) is 0. The van der Waals surface area contributed by atoms with Gasteiger partial charge in [0, 0.05) is 0 Å². The first-order valence-electron chi connectivity index (χ1n) is 4.44. The topological polar surface area (TPSA) is 0 Å². The third kappa shape index (κ3) is 4.51. The van der Waals surface area contributed by atoms with Crippen molar-refractivity contribution in [2.45, 2.75) is 32.6 Å². The molecule has 0 aliphatic heterocycles. The summed E-state index contributed by atoms with van der Waals surface area (Å²) in [5, 5.41) is -2.09. The molecule has 0 atom stereocenters. The SMILES string of the molecule is CC1CCC(C[P+](Cl)(Cl)Cl)CC1. The largest absolute Gasteiger partial charge is 0.308 e. The molecule has 0 aromatic heterocycles. The Balaban J connectivity index is 2.26. The Bertz CT molecular complexity index is 136. The molecule has 1 aliphatic carbocycles. The smallest absolute Gasteiger partial charge is 0.0625 e. The molecular formula is C8H15Cl3P+. The molecule has 4 heteroatoms. The Kier molecular flexibility index (Phi) is 4.45. The van der Waals surface area contributed by atoms with Gasteiger partial charge in [-0.1, -0.05) is 19.8 Å². The normalized spacial score (nSPS) is 32.0. The van der Waals surface area contributed by atoms with Crippen molar-refractivity contribution in [3.63, 3.8) is 0 Å². The lowest BCUT2D eigenvalue weighted by atomic mass is 9.84. The maximum Gasteiger partial charge on any atom is 0.308 e. The van der Waals surface area contributed by atoms with Gasteiger partial charge in [-0.15, -0.1) is 0 Å². The van der Waals surface area contributed by atoms with Gasteiger partial charge >= 0.3 is 5.32 Å². The summed E-state index contributed by atoms with van der Waals surface area (Å²) in [4.78, 5) is 0. The summed E-state index contributed by atoms with van der Waals surface area (Å²) < 4.78 is 0. The van der Waals surface area contributed by atoms with Crippen LogP contribution in [0.15, 0.2) is 0 Å². The Labute approximate surface area is 89.7 Å². The van der Waals surface area contributed by atoms with E-state index in [9.17, 15) is 0 Å². The first-order valence-corrected chi connectivity index (χ1v) is 9.13. The molecule has 0 aromatic rings. The summed E-state index contributed by atoms with van der Waals surface area (Å²) in [6.45, 7) is 2.31. The summed E-state index contributed by atoms with van der Waals surface area (Å²) in [5.74, 6) is 1.57. The zero-order valence-corrected chi connectivity index (χ0v) is 10.4. The highest BCUT2D eigenvalue weighted by Gasteiger charge is 2.37. The quantitative estimate of drug-likeness (QED) is 0.582. The monoisotopic (exact) mass is 247 g/mol. The van der Waals surface area contributed by atoms with Crippen molar-refractivity contribution in [3.05, 3.63) is 0 Å². The lowest BCUT2D eigenvalue weighted by Gasteiger charge is -2.24. The second-order valence-electron chi connectivity index (χ2n) is 3.86. The van der Waals surface area contributed by atoms with Crippen LogP contribution in [0.3, 0.4) is 0 Å². The molecule has 0 N–H and O–H groups in total. The van der Waals surface area contributed by atoms with E-state index in [1.165, 1.54) is 25.7 Å². The summed E-state index contributed by atoms with van der Waals surface area (Å²) in [6.07, 6.45) is 5.99. The first-order chi connectivity index (χ1) is 5.47. The fourth-order valence-corrected chi connectivity index (χ4v) is 4.51. The fourth-order valence-electron chi connectivity index (χ4n) is 1.80. The summed E-state index contributed by atoms with van der Waals surface area (Å²) in [5.41, 5.74) is 0. The van der Waals surface area contributed by atoms with Crippen LogP contribution in [0.5, 0.6) is 0 Å². The van der Waals surface area contributed by atoms with Gasteiger partial charge in [-0.05, 0) is 24.7 Å². The Morgan fingerprint density at radius 3 is 2.00 bits per heavy atom. The third-order valence-corrected chi connectivity index (χ3v) is 4.77. The van der Waals surface area contributed by atoms with Crippen molar-refractivity contribution in [3.8, 4) is 0 Å². The van der Waals surface area contributed by atoms with Gasteiger partial charge in [0.2, 0.25) is 0 Å². The molecule has 0 unspecified atom stereocenters. The van der Waals surface area contributed by atoms with Crippen LogP contribution in [0.2, 0.25) is 0 Å². The molecule has 0 bridgehead atoms. The maximum atomic E-state index is 5.84. The van der Waals surface area contributed by atoms with Gasteiger partial charge in [0.1, 0.15) is 39.9 Å². The van der Waals surface area contributed by atoms with Crippen molar-refractivity contribution in [1.82, 2.24) is 0 Å². The van der Waals surface area contributed by atoms with Crippen LogP contribution in [-0.2, 0) is 0 Å². The van der Waals surface area contributed by atoms with E-state index in [1.807, 2.05) is 0 Å². The average Bonchev–Trinajstić information content (AvgIpc) is 1.91. The van der Waals surface area contributed by atoms with Gasteiger partial charge < -0.3 is 0 Å². The summed E-state index contributed by atoms with van der Waals surface area (Å²) in [7, 11) is 0. The van der Waals surface area contributed by atoms with Crippen molar-refractivity contribution in [1.29, 1.82) is 0 Å². The van der Waals surface area contributed by atoms with Crippen molar-refractivity contribution >= 4 is 39.0 Å². The molecule has 1 aliphatic rings. The fraction of sp³-hybridized carbons (Fsp3) is 1.00. The minimum absolute atomic E-state index is 0.682. The van der Waals surface area contributed by atoms with Crippen LogP contribution in [-0.4, -0.2) is 6.16 Å². The van der Waals surface area contributed by atoms with Crippen LogP contribution >= 0.6 is 39.0 Å². The highest BCUT2D eigenvalue weighted by atomic mass is 36.1. The van der Waals surface area contributed by atoms with E-state index in [1.54, 1.807) is 0 Å². The number of hydrogen-bond acceptors (Lipinski definition) is 0.